The first-order chi connectivity index (χ1) is 29.8. The first kappa shape index (κ1) is 47.0. The summed E-state index contributed by atoms with van der Waals surface area (Å²) in [5.74, 6) is -0.402. The number of nitrogens with zero attached hydrogens (tertiary/aromatic N) is 2. The number of aromatic nitrogens is 2. The van der Waals surface area contributed by atoms with Gasteiger partial charge in [-0.3, -0.25) is 9.59 Å². The second kappa shape index (κ2) is 20.9. The van der Waals surface area contributed by atoms with Crippen LogP contribution in [-0.4, -0.2) is 130 Å². The summed E-state index contributed by atoms with van der Waals surface area (Å²) in [6.45, 7) is 10.4. The van der Waals surface area contributed by atoms with Gasteiger partial charge < -0.3 is 47.8 Å². The van der Waals surface area contributed by atoms with Crippen LogP contribution in [0.25, 0.3) is 11.4 Å². The summed E-state index contributed by atoms with van der Waals surface area (Å²) in [7, 11) is 9.13. The molecule has 7 rings (SSSR count). The molecule has 0 amide bonds. The van der Waals surface area contributed by atoms with Gasteiger partial charge in [-0.1, -0.05) is 50.3 Å². The van der Waals surface area contributed by atoms with Crippen LogP contribution in [0.3, 0.4) is 0 Å². The number of imidazole rings is 1. The van der Waals surface area contributed by atoms with Crippen LogP contribution >= 0.6 is 0 Å². The minimum Gasteiger partial charge on any atom is -0.462 e. The number of methoxy groups -OCH3 is 3. The van der Waals surface area contributed by atoms with E-state index in [0.717, 1.165) is 61.3 Å². The third-order valence-electron chi connectivity index (χ3n) is 14.8. The van der Waals surface area contributed by atoms with Crippen molar-refractivity contribution in [1.82, 2.24) is 14.9 Å². The molecule has 3 heterocycles. The molecule has 2 saturated heterocycles. The van der Waals surface area contributed by atoms with Crippen LogP contribution in [0.1, 0.15) is 116 Å². The van der Waals surface area contributed by atoms with Crippen molar-refractivity contribution in [2.24, 2.45) is 23.7 Å². The van der Waals surface area contributed by atoms with Crippen LogP contribution in [0.4, 0.5) is 0 Å². The average Bonchev–Trinajstić information content (AvgIpc) is 3.99. The van der Waals surface area contributed by atoms with Crippen LogP contribution in [0.5, 0.6) is 0 Å². The predicted molar refractivity (Wildman–Crippen MR) is 234 cm³/mol. The van der Waals surface area contributed by atoms with Crippen LogP contribution in [0, 0.1) is 23.7 Å². The third kappa shape index (κ3) is 10.1. The van der Waals surface area contributed by atoms with Crippen molar-refractivity contribution in [2.45, 2.75) is 166 Å². The number of ether oxygens (including phenoxy) is 8. The normalized spacial score (nSPS) is 34.7. The fourth-order valence-electron chi connectivity index (χ4n) is 11.1. The van der Waals surface area contributed by atoms with Gasteiger partial charge in [-0.25, -0.2) is 4.98 Å². The Kier molecular flexibility index (Phi) is 15.8. The number of nitrogens with one attached hydrogen (secondary N) is 1. The standard InChI is InChI=1S/C49H73N3O10/c1-11-32-18-15-19-40(62-43-21-20-39(52(6)7)30(5)58-43)27(2)47(54)38-24-35-34-22-33(61-49(41(57-10)26-55-8)59-29(4)28(3)56-9)23-37(34)45-46(44(35)36(38)25-42(53)60-32)51-48(50-45)31-16-13-12-14-17-31/h12-14,16-17,24,27-30,32-37,39-41,43-44,49H,11,15,18-23,25-26H2,1-10H3,(H,50,51)/t27-,28-,29?,30?,32+,33+,34+,35+,36-,37-,39+,40+,41+,43+,44-,49?/m1/s1. The van der Waals surface area contributed by atoms with E-state index in [1.807, 2.05) is 39.0 Å². The lowest BCUT2D eigenvalue weighted by Crippen LogP contribution is -2.47. The van der Waals surface area contributed by atoms with Crippen molar-refractivity contribution in [3.8, 4) is 11.4 Å². The van der Waals surface area contributed by atoms with Crippen molar-refractivity contribution < 1.29 is 47.5 Å². The molecular formula is C49H73N3O10. The lowest BCUT2D eigenvalue weighted by Gasteiger charge is -2.40. The van der Waals surface area contributed by atoms with Gasteiger partial charge in [0.2, 0.25) is 0 Å². The summed E-state index contributed by atoms with van der Waals surface area (Å²) in [5.41, 5.74) is 3.66. The maximum absolute atomic E-state index is 15.2. The van der Waals surface area contributed by atoms with E-state index < -0.39 is 24.2 Å². The summed E-state index contributed by atoms with van der Waals surface area (Å²) in [6.07, 6.45) is 5.60. The minimum absolute atomic E-state index is 0.00504. The van der Waals surface area contributed by atoms with Crippen LogP contribution in [-0.2, 0) is 47.5 Å². The molecule has 1 N–H and O–H groups in total. The predicted octanol–water partition coefficient (Wildman–Crippen LogP) is 7.59. The maximum Gasteiger partial charge on any atom is 0.306 e. The van der Waals surface area contributed by atoms with Crippen LogP contribution in [0.2, 0.25) is 0 Å². The van der Waals surface area contributed by atoms with Crippen molar-refractivity contribution in [1.29, 1.82) is 0 Å². The molecule has 16 atom stereocenters. The van der Waals surface area contributed by atoms with Crippen molar-refractivity contribution in [2.75, 3.05) is 42.0 Å². The highest BCUT2D eigenvalue weighted by Gasteiger charge is 2.56. The zero-order chi connectivity index (χ0) is 44.2. The molecule has 344 valence electrons. The number of carbonyl (C=O) groups excluding carboxylic acids is 2. The van der Waals surface area contributed by atoms with Crippen LogP contribution < -0.4 is 0 Å². The zero-order valence-electron chi connectivity index (χ0n) is 38.7. The molecule has 2 aromatic rings. The Hall–Kier alpha value is -3.01. The number of hydrogen-bond donors (Lipinski definition) is 1. The van der Waals surface area contributed by atoms with Gasteiger partial charge in [0.25, 0.3) is 0 Å². The van der Waals surface area contributed by atoms with E-state index in [9.17, 15) is 4.79 Å². The molecule has 1 aromatic carbocycles. The van der Waals surface area contributed by atoms with E-state index in [2.05, 4.69) is 56.0 Å². The van der Waals surface area contributed by atoms with Crippen molar-refractivity contribution >= 4 is 11.8 Å². The molecule has 5 aliphatic rings. The summed E-state index contributed by atoms with van der Waals surface area (Å²) >= 11 is 0. The smallest absolute Gasteiger partial charge is 0.306 e. The molecule has 3 aliphatic carbocycles. The Morgan fingerprint density at radius 3 is 2.40 bits per heavy atom. The molecular weight excluding hydrogens is 791 g/mol. The van der Waals surface area contributed by atoms with Gasteiger partial charge in [0.15, 0.2) is 18.4 Å². The van der Waals surface area contributed by atoms with E-state index in [1.165, 1.54) is 0 Å². The zero-order valence-corrected chi connectivity index (χ0v) is 38.7. The number of likely N-dealkylation sites (N-methyl/N-ethyl adjacent to an activating group) is 1. The highest BCUT2D eigenvalue weighted by molar-refractivity contribution is 5.99. The third-order valence-corrected chi connectivity index (χ3v) is 14.8. The second-order valence-electron chi connectivity index (χ2n) is 18.8. The molecule has 2 aliphatic heterocycles. The Bertz CT molecular complexity index is 1820. The van der Waals surface area contributed by atoms with E-state index in [-0.39, 0.29) is 84.8 Å². The maximum atomic E-state index is 15.2. The molecule has 3 fully saturated rings. The summed E-state index contributed by atoms with van der Waals surface area (Å²) in [4.78, 5) is 40.6. The van der Waals surface area contributed by atoms with Crippen molar-refractivity contribution in [3.05, 3.63) is 53.4 Å². The largest absolute Gasteiger partial charge is 0.462 e. The van der Waals surface area contributed by atoms with E-state index in [1.54, 1.807) is 21.3 Å². The van der Waals surface area contributed by atoms with Crippen molar-refractivity contribution in [3.63, 3.8) is 0 Å². The molecule has 0 radical (unpaired) electrons. The molecule has 1 saturated carbocycles. The molecule has 0 spiro atoms. The number of rotatable bonds is 15. The number of esters is 1. The Morgan fingerprint density at radius 2 is 1.73 bits per heavy atom. The topological polar surface area (TPSA) is 140 Å². The van der Waals surface area contributed by atoms with Gasteiger partial charge in [0.05, 0.1) is 49.2 Å². The fourth-order valence-corrected chi connectivity index (χ4v) is 11.1. The number of cyclic esters (lactones) is 1. The summed E-state index contributed by atoms with van der Waals surface area (Å²) in [6, 6.07) is 10.5. The fraction of sp³-hybridized carbons (Fsp3) is 0.735. The highest BCUT2D eigenvalue weighted by atomic mass is 16.7. The van der Waals surface area contributed by atoms with Gasteiger partial charge in [0, 0.05) is 62.3 Å². The summed E-state index contributed by atoms with van der Waals surface area (Å²) < 4.78 is 50.0. The Labute approximate surface area is 369 Å². The number of benzene rings is 1. The molecule has 62 heavy (non-hydrogen) atoms. The minimum atomic E-state index is -0.711. The number of aromatic amines is 1. The lowest BCUT2D eigenvalue weighted by molar-refractivity contribution is -0.255. The average molecular weight is 864 g/mol. The lowest BCUT2D eigenvalue weighted by atomic mass is 9.67. The molecule has 1 aromatic heterocycles. The molecule has 3 unspecified atom stereocenters. The van der Waals surface area contributed by atoms with Gasteiger partial charge in [0.1, 0.15) is 18.0 Å². The first-order valence-corrected chi connectivity index (χ1v) is 23.3. The van der Waals surface area contributed by atoms with Gasteiger partial charge in [-0.15, -0.1) is 0 Å². The number of ketones is 1. The SMILES string of the molecule is CC[C@H]1CCC[C@H](O[C@H]2CC[C@H](N(C)C)C(C)O2)[C@@H](C)C(=O)C2=C[C@H]3[C@@H]4C[C@H](OC(OC(C)[C@@H](C)OC)[C@H](COC)OC)C[C@H]4c4[nH]c(-c5ccccc5)nc4[C@H]3[C@@H]2CC(=O)O1. The Morgan fingerprint density at radius 1 is 0.952 bits per heavy atom. The van der Waals surface area contributed by atoms with E-state index in [4.69, 9.17) is 42.9 Å². The van der Waals surface area contributed by atoms with Crippen LogP contribution in [0.15, 0.2) is 42.0 Å². The number of hydrogen-bond acceptors (Lipinski definition) is 12. The Balaban J connectivity index is 1.24. The van der Waals surface area contributed by atoms with Gasteiger partial charge >= 0.3 is 5.97 Å². The summed E-state index contributed by atoms with van der Waals surface area (Å²) in [5, 5.41) is 0. The van der Waals surface area contributed by atoms with Gasteiger partial charge in [-0.05, 0) is 104 Å². The number of fused-ring (bicyclic) bond motifs is 8. The second-order valence-corrected chi connectivity index (χ2v) is 18.8. The quantitative estimate of drug-likeness (QED) is 0.139. The van der Waals surface area contributed by atoms with E-state index in [0.29, 0.717) is 31.1 Å². The highest BCUT2D eigenvalue weighted by Crippen LogP contribution is 2.61. The molecule has 13 heteroatoms. The monoisotopic (exact) mass is 864 g/mol. The first-order valence-electron chi connectivity index (χ1n) is 23.3. The van der Waals surface area contributed by atoms with Gasteiger partial charge in [-0.2, -0.15) is 0 Å². The number of H-pyrrole nitrogens is 1. The van der Waals surface area contributed by atoms with E-state index >= 15 is 4.79 Å². The number of carbonyl (C=O) groups is 2. The molecule has 0 bridgehead atoms. The number of Topliss-reactive ketones (excluding diaryl/α,β-unsaturated/α-hetero) is 1. The molecule has 13 nitrogen and oxygen atoms in total. The number of allylic oxidation sites excluding steroid dienone is 2.